The zero-order valence-corrected chi connectivity index (χ0v) is 10.6. The zero-order valence-electron chi connectivity index (χ0n) is 8.98. The van der Waals surface area contributed by atoms with Gasteiger partial charge in [0, 0.05) is 25.7 Å². The number of nitrogens with one attached hydrogen (secondary N) is 1. The molecule has 0 aromatic carbocycles. The van der Waals surface area contributed by atoms with Crippen molar-refractivity contribution >= 4 is 22.4 Å². The quantitative estimate of drug-likeness (QED) is 0.795. The fraction of sp³-hybridized carbons (Fsp3) is 1.00. The van der Waals surface area contributed by atoms with Crippen molar-refractivity contribution in [2.24, 2.45) is 5.92 Å². The summed E-state index contributed by atoms with van der Waals surface area (Å²) in [5.74, 6) is 0.824. The number of hydrogen-bond donors (Lipinski definition) is 1. The molecule has 1 atom stereocenters. The molecule has 1 heterocycles. The minimum absolute atomic E-state index is 0. The van der Waals surface area contributed by atoms with Gasteiger partial charge in [0.25, 0.3) is 0 Å². The van der Waals surface area contributed by atoms with Crippen LogP contribution in [0.5, 0.6) is 0 Å². The smallest absolute Gasteiger partial charge is 0.214 e. The van der Waals surface area contributed by atoms with E-state index in [-0.39, 0.29) is 18.4 Å². The standard InChI is InChI=1S/C9H18N2O2S.ClH/c1-8-6-11(5-4-10-8)14(12,13)7-9-2-3-9;/h8-10H,2-7H2,1H3;1H. The summed E-state index contributed by atoms with van der Waals surface area (Å²) in [6, 6.07) is 0.290. The van der Waals surface area contributed by atoms with Crippen molar-refractivity contribution in [2.75, 3.05) is 25.4 Å². The molecule has 1 saturated heterocycles. The van der Waals surface area contributed by atoms with Crippen LogP contribution in [0.25, 0.3) is 0 Å². The maximum absolute atomic E-state index is 11.9. The van der Waals surface area contributed by atoms with E-state index in [9.17, 15) is 8.42 Å². The first-order valence-corrected chi connectivity index (χ1v) is 6.90. The van der Waals surface area contributed by atoms with Gasteiger partial charge in [-0.25, -0.2) is 8.42 Å². The van der Waals surface area contributed by atoms with Gasteiger partial charge in [-0.2, -0.15) is 4.31 Å². The molecule has 90 valence electrons. The SMILES string of the molecule is CC1CN(S(=O)(=O)CC2CC2)CCN1.Cl. The average molecular weight is 255 g/mol. The number of sulfonamides is 1. The molecule has 1 saturated carbocycles. The summed E-state index contributed by atoms with van der Waals surface area (Å²) >= 11 is 0. The summed E-state index contributed by atoms with van der Waals surface area (Å²) < 4.78 is 25.4. The molecule has 2 aliphatic rings. The molecule has 15 heavy (non-hydrogen) atoms. The summed E-state index contributed by atoms with van der Waals surface area (Å²) in [4.78, 5) is 0. The highest BCUT2D eigenvalue weighted by Gasteiger charge is 2.33. The third kappa shape index (κ3) is 3.59. The summed E-state index contributed by atoms with van der Waals surface area (Å²) in [6.45, 7) is 4.08. The fourth-order valence-electron chi connectivity index (χ4n) is 1.84. The van der Waals surface area contributed by atoms with Gasteiger partial charge >= 0.3 is 0 Å². The summed E-state index contributed by atoms with van der Waals surface area (Å²) in [5.41, 5.74) is 0. The van der Waals surface area contributed by atoms with Crippen molar-refractivity contribution in [2.45, 2.75) is 25.8 Å². The second-order valence-corrected chi connectivity index (χ2v) is 6.45. The maximum Gasteiger partial charge on any atom is 0.214 e. The van der Waals surface area contributed by atoms with Crippen LogP contribution in [0.15, 0.2) is 0 Å². The number of nitrogens with zero attached hydrogens (tertiary/aromatic N) is 1. The Hall–Kier alpha value is 0.160. The van der Waals surface area contributed by atoms with E-state index in [1.165, 1.54) is 0 Å². The van der Waals surface area contributed by atoms with Crippen LogP contribution in [0.1, 0.15) is 19.8 Å². The number of halogens is 1. The van der Waals surface area contributed by atoms with Crippen LogP contribution in [0, 0.1) is 5.92 Å². The van der Waals surface area contributed by atoms with Gasteiger partial charge in [-0.3, -0.25) is 0 Å². The van der Waals surface area contributed by atoms with Crippen LogP contribution in [0.4, 0.5) is 0 Å². The Morgan fingerprint density at radius 3 is 2.60 bits per heavy atom. The monoisotopic (exact) mass is 254 g/mol. The van der Waals surface area contributed by atoms with Gasteiger partial charge in [0.15, 0.2) is 0 Å². The van der Waals surface area contributed by atoms with Gasteiger partial charge in [-0.15, -0.1) is 12.4 Å². The normalized spacial score (nSPS) is 28.5. The van der Waals surface area contributed by atoms with E-state index in [1.807, 2.05) is 6.92 Å². The second-order valence-electron chi connectivity index (χ2n) is 4.44. The highest BCUT2D eigenvalue weighted by atomic mass is 35.5. The maximum atomic E-state index is 11.9. The Morgan fingerprint density at radius 1 is 1.40 bits per heavy atom. The van der Waals surface area contributed by atoms with E-state index in [4.69, 9.17) is 0 Å². The van der Waals surface area contributed by atoms with E-state index in [2.05, 4.69) is 5.32 Å². The largest absolute Gasteiger partial charge is 0.312 e. The van der Waals surface area contributed by atoms with Gasteiger partial charge in [0.1, 0.15) is 0 Å². The first-order valence-electron chi connectivity index (χ1n) is 5.29. The molecule has 4 nitrogen and oxygen atoms in total. The van der Waals surface area contributed by atoms with Crippen LogP contribution in [-0.2, 0) is 10.0 Å². The Labute approximate surface area is 97.9 Å². The molecule has 1 unspecified atom stereocenters. The first-order chi connectivity index (χ1) is 6.58. The van der Waals surface area contributed by atoms with E-state index in [0.717, 1.165) is 19.4 Å². The van der Waals surface area contributed by atoms with E-state index < -0.39 is 10.0 Å². The minimum atomic E-state index is -2.96. The topological polar surface area (TPSA) is 49.4 Å². The first kappa shape index (κ1) is 13.2. The average Bonchev–Trinajstić information content (AvgIpc) is 2.87. The number of piperazine rings is 1. The third-order valence-corrected chi connectivity index (χ3v) is 4.88. The van der Waals surface area contributed by atoms with Crippen LogP contribution in [0.2, 0.25) is 0 Å². The Bertz CT molecular complexity index is 303. The molecule has 2 rings (SSSR count). The fourth-order valence-corrected chi connectivity index (χ4v) is 3.80. The van der Waals surface area contributed by atoms with E-state index in [1.54, 1.807) is 4.31 Å². The molecule has 0 amide bonds. The molecular formula is C9H19ClN2O2S. The molecule has 1 aliphatic heterocycles. The van der Waals surface area contributed by atoms with Crippen molar-refractivity contribution in [3.63, 3.8) is 0 Å². The molecule has 1 aliphatic carbocycles. The molecule has 0 radical (unpaired) electrons. The van der Waals surface area contributed by atoms with Gasteiger partial charge in [0.05, 0.1) is 5.75 Å². The Morgan fingerprint density at radius 2 is 2.07 bits per heavy atom. The summed E-state index contributed by atoms with van der Waals surface area (Å²) in [7, 11) is -2.96. The molecule has 0 bridgehead atoms. The highest BCUT2D eigenvalue weighted by molar-refractivity contribution is 7.89. The Balaban J connectivity index is 0.00000112. The van der Waals surface area contributed by atoms with Crippen molar-refractivity contribution in [1.82, 2.24) is 9.62 Å². The van der Waals surface area contributed by atoms with E-state index in [0.29, 0.717) is 24.8 Å². The lowest BCUT2D eigenvalue weighted by Gasteiger charge is -2.31. The summed E-state index contributed by atoms with van der Waals surface area (Å²) in [6.07, 6.45) is 2.20. The molecule has 0 aromatic rings. The van der Waals surface area contributed by atoms with Gasteiger partial charge in [-0.05, 0) is 25.7 Å². The highest BCUT2D eigenvalue weighted by Crippen LogP contribution is 2.31. The molecule has 1 N–H and O–H groups in total. The van der Waals surface area contributed by atoms with Crippen molar-refractivity contribution in [1.29, 1.82) is 0 Å². The van der Waals surface area contributed by atoms with Crippen LogP contribution >= 0.6 is 12.4 Å². The van der Waals surface area contributed by atoms with Gasteiger partial charge < -0.3 is 5.32 Å². The molecule has 6 heteroatoms. The predicted octanol–water partition coefficient (Wildman–Crippen LogP) is 0.442. The summed E-state index contributed by atoms with van der Waals surface area (Å²) in [5, 5.41) is 3.25. The second kappa shape index (κ2) is 4.99. The molecule has 0 spiro atoms. The van der Waals surface area contributed by atoms with Gasteiger partial charge in [-0.1, -0.05) is 0 Å². The van der Waals surface area contributed by atoms with Crippen LogP contribution in [-0.4, -0.2) is 44.2 Å². The predicted molar refractivity (Wildman–Crippen MR) is 62.8 cm³/mol. The number of rotatable bonds is 3. The lowest BCUT2D eigenvalue weighted by Crippen LogP contribution is -2.51. The lowest BCUT2D eigenvalue weighted by atomic mass is 10.3. The van der Waals surface area contributed by atoms with E-state index >= 15 is 0 Å². The number of hydrogen-bond acceptors (Lipinski definition) is 3. The minimum Gasteiger partial charge on any atom is -0.312 e. The third-order valence-electron chi connectivity index (χ3n) is 2.87. The van der Waals surface area contributed by atoms with Crippen molar-refractivity contribution in [3.05, 3.63) is 0 Å². The van der Waals surface area contributed by atoms with Crippen molar-refractivity contribution in [3.8, 4) is 0 Å². The van der Waals surface area contributed by atoms with Crippen molar-refractivity contribution < 1.29 is 8.42 Å². The van der Waals surface area contributed by atoms with Crippen LogP contribution < -0.4 is 5.32 Å². The Kier molecular flexibility index (Phi) is 4.40. The van der Waals surface area contributed by atoms with Crippen LogP contribution in [0.3, 0.4) is 0 Å². The molecule has 0 aromatic heterocycles. The molecular weight excluding hydrogens is 236 g/mol. The lowest BCUT2D eigenvalue weighted by molar-refractivity contribution is 0.309. The zero-order chi connectivity index (χ0) is 10.2. The van der Waals surface area contributed by atoms with Gasteiger partial charge in [0.2, 0.25) is 10.0 Å². The molecule has 2 fully saturated rings.